The first kappa shape index (κ1) is 84.1. The normalized spacial score (nSPS) is 14.5. The summed E-state index contributed by atoms with van der Waals surface area (Å²) >= 11 is 0. The summed E-state index contributed by atoms with van der Waals surface area (Å²) < 4.78 is 68.1. The molecule has 86 heavy (non-hydrogen) atoms. The Hall–Kier alpha value is -1.94. The minimum atomic E-state index is -4.95. The Bertz CT molecular complexity index is 1690. The summed E-state index contributed by atoms with van der Waals surface area (Å²) in [5.41, 5.74) is 0. The Morgan fingerprint density at radius 2 is 0.593 bits per heavy atom. The molecule has 0 amide bonds. The van der Waals surface area contributed by atoms with Crippen molar-refractivity contribution in [2.24, 2.45) is 11.8 Å². The highest BCUT2D eigenvalue weighted by atomic mass is 31.2. The second kappa shape index (κ2) is 59.4. The van der Waals surface area contributed by atoms with Crippen LogP contribution in [-0.4, -0.2) is 96.7 Å². The first-order valence-corrected chi connectivity index (χ1v) is 38.0. The minimum absolute atomic E-state index is 0.103. The highest BCUT2D eigenvalue weighted by Gasteiger charge is 2.30. The van der Waals surface area contributed by atoms with Crippen molar-refractivity contribution in [1.82, 2.24) is 0 Å². The topological polar surface area (TPSA) is 237 Å². The molecule has 0 radical (unpaired) electrons. The zero-order valence-electron chi connectivity index (χ0n) is 55.6. The van der Waals surface area contributed by atoms with Gasteiger partial charge in [-0.3, -0.25) is 37.3 Å². The van der Waals surface area contributed by atoms with Crippen molar-refractivity contribution < 1.29 is 80.2 Å². The van der Waals surface area contributed by atoms with Crippen LogP contribution in [0.2, 0.25) is 0 Å². The van der Waals surface area contributed by atoms with Crippen LogP contribution in [0.4, 0.5) is 0 Å². The highest BCUT2D eigenvalue weighted by Crippen LogP contribution is 2.45. The molecule has 0 aromatic carbocycles. The van der Waals surface area contributed by atoms with E-state index in [1.807, 2.05) is 0 Å². The van der Waals surface area contributed by atoms with Gasteiger partial charge in [0.1, 0.15) is 19.3 Å². The van der Waals surface area contributed by atoms with E-state index in [1.54, 1.807) is 0 Å². The predicted octanol–water partition coefficient (Wildman–Crippen LogP) is 18.8. The Morgan fingerprint density at radius 1 is 0.337 bits per heavy atom. The number of unbranched alkanes of at least 4 members (excludes halogenated alkanes) is 35. The number of ether oxygens (including phenoxy) is 4. The molecule has 510 valence electrons. The number of phosphoric ester groups is 2. The second-order valence-corrected chi connectivity index (χ2v) is 27.8. The zero-order chi connectivity index (χ0) is 63.6. The molecule has 17 nitrogen and oxygen atoms in total. The maximum Gasteiger partial charge on any atom is 0.472 e. The van der Waals surface area contributed by atoms with Crippen LogP contribution < -0.4 is 0 Å². The quantitative estimate of drug-likeness (QED) is 0.0222. The van der Waals surface area contributed by atoms with Gasteiger partial charge in [-0.15, -0.1) is 0 Å². The molecule has 0 saturated heterocycles. The molecule has 0 rings (SSSR count). The Balaban J connectivity index is 5.25. The van der Waals surface area contributed by atoms with Crippen LogP contribution in [0.3, 0.4) is 0 Å². The van der Waals surface area contributed by atoms with Crippen LogP contribution in [-0.2, 0) is 65.4 Å². The standard InChI is InChI=1S/C67H130O17P2/c1-7-10-12-14-16-18-20-22-23-25-27-31-39-45-51-66(71)83-62(55-77-64(69)49-43-37-30-26-24-21-19-17-15-13-11-8-2)57-81-85(73,74)79-53-61(68)54-80-86(75,76)82-58-63(84-67(72)52-46-40-32-28-29-35-41-47-59(4)5)56-78-65(70)50-44-38-34-33-36-42-48-60(6)9-3/h59-63,68H,7-58H2,1-6H3,(H,73,74)(H,75,76)/t60?,61-,62-,63-/m1/s1. The van der Waals surface area contributed by atoms with E-state index in [0.717, 1.165) is 102 Å². The van der Waals surface area contributed by atoms with Gasteiger partial charge in [-0.05, 0) is 37.5 Å². The lowest BCUT2D eigenvalue weighted by molar-refractivity contribution is -0.161. The number of aliphatic hydroxyl groups is 1. The number of carbonyl (C=O) groups excluding carboxylic acids is 4. The van der Waals surface area contributed by atoms with Crippen molar-refractivity contribution in [2.75, 3.05) is 39.6 Å². The number of rotatable bonds is 66. The van der Waals surface area contributed by atoms with Gasteiger partial charge in [0.15, 0.2) is 12.2 Å². The summed E-state index contributed by atoms with van der Waals surface area (Å²) in [4.78, 5) is 72.4. The molecule has 0 aliphatic carbocycles. The fourth-order valence-electron chi connectivity index (χ4n) is 10.0. The van der Waals surface area contributed by atoms with Gasteiger partial charge in [0.2, 0.25) is 0 Å². The monoisotopic (exact) mass is 1270 g/mol. The molecule has 0 fully saturated rings. The van der Waals surface area contributed by atoms with E-state index >= 15 is 0 Å². The van der Waals surface area contributed by atoms with Crippen LogP contribution in [0.25, 0.3) is 0 Å². The van der Waals surface area contributed by atoms with Gasteiger partial charge in [-0.2, -0.15) is 0 Å². The summed E-state index contributed by atoms with van der Waals surface area (Å²) in [6.45, 7) is 9.42. The first-order valence-electron chi connectivity index (χ1n) is 35.0. The van der Waals surface area contributed by atoms with Crippen LogP contribution in [0.1, 0.15) is 337 Å². The van der Waals surface area contributed by atoms with Crippen LogP contribution in [0.15, 0.2) is 0 Å². The summed E-state index contributed by atoms with van der Waals surface area (Å²) in [5.74, 6) is -0.703. The average Bonchev–Trinajstić information content (AvgIpc) is 3.68. The lowest BCUT2D eigenvalue weighted by Crippen LogP contribution is -2.30. The fourth-order valence-corrected chi connectivity index (χ4v) is 11.6. The largest absolute Gasteiger partial charge is 0.472 e. The molecule has 3 unspecified atom stereocenters. The van der Waals surface area contributed by atoms with E-state index in [4.69, 9.17) is 37.0 Å². The third-order valence-corrected chi connectivity index (χ3v) is 17.7. The third-order valence-electron chi connectivity index (χ3n) is 15.8. The van der Waals surface area contributed by atoms with Crippen molar-refractivity contribution >= 4 is 39.5 Å². The van der Waals surface area contributed by atoms with E-state index in [1.165, 1.54) is 148 Å². The van der Waals surface area contributed by atoms with Crippen LogP contribution >= 0.6 is 15.6 Å². The van der Waals surface area contributed by atoms with Gasteiger partial charge >= 0.3 is 39.5 Å². The van der Waals surface area contributed by atoms with Crippen molar-refractivity contribution in [3.05, 3.63) is 0 Å². The van der Waals surface area contributed by atoms with Gasteiger partial charge in [0.05, 0.1) is 26.4 Å². The van der Waals surface area contributed by atoms with Gasteiger partial charge in [0.25, 0.3) is 0 Å². The summed E-state index contributed by atoms with van der Waals surface area (Å²) in [6.07, 6.45) is 43.1. The number of carbonyl (C=O) groups is 4. The molecule has 0 aliphatic heterocycles. The van der Waals surface area contributed by atoms with Gasteiger partial charge in [-0.25, -0.2) is 9.13 Å². The van der Waals surface area contributed by atoms with Crippen LogP contribution in [0.5, 0.6) is 0 Å². The van der Waals surface area contributed by atoms with Crippen molar-refractivity contribution in [1.29, 1.82) is 0 Å². The molecule has 0 aromatic heterocycles. The first-order chi connectivity index (χ1) is 41.4. The fraction of sp³-hybridized carbons (Fsp3) is 0.940. The highest BCUT2D eigenvalue weighted by molar-refractivity contribution is 7.47. The number of phosphoric acid groups is 2. The van der Waals surface area contributed by atoms with E-state index < -0.39 is 97.5 Å². The Kier molecular flexibility index (Phi) is 58.0. The summed E-state index contributed by atoms with van der Waals surface area (Å²) in [6, 6.07) is 0. The lowest BCUT2D eigenvalue weighted by Gasteiger charge is -2.21. The zero-order valence-corrected chi connectivity index (χ0v) is 57.4. The van der Waals surface area contributed by atoms with Gasteiger partial charge in [-0.1, -0.05) is 286 Å². The van der Waals surface area contributed by atoms with Crippen LogP contribution in [0, 0.1) is 11.8 Å². The minimum Gasteiger partial charge on any atom is -0.462 e. The molecule has 0 bridgehead atoms. The van der Waals surface area contributed by atoms with Crippen molar-refractivity contribution in [3.63, 3.8) is 0 Å². The summed E-state index contributed by atoms with van der Waals surface area (Å²) in [5, 5.41) is 10.6. The number of hydrogen-bond donors (Lipinski definition) is 3. The summed E-state index contributed by atoms with van der Waals surface area (Å²) in [7, 11) is -9.89. The van der Waals surface area contributed by atoms with Crippen molar-refractivity contribution in [3.8, 4) is 0 Å². The maximum atomic E-state index is 13.0. The molecule has 0 saturated carbocycles. The molecule has 0 aliphatic rings. The van der Waals surface area contributed by atoms with E-state index in [9.17, 15) is 43.2 Å². The van der Waals surface area contributed by atoms with E-state index in [0.29, 0.717) is 31.6 Å². The average molecular weight is 1270 g/mol. The predicted molar refractivity (Wildman–Crippen MR) is 345 cm³/mol. The molecule has 0 spiro atoms. The number of hydrogen-bond acceptors (Lipinski definition) is 15. The smallest absolute Gasteiger partial charge is 0.462 e. The molecule has 6 atom stereocenters. The molecular formula is C67H130O17P2. The van der Waals surface area contributed by atoms with E-state index in [2.05, 4.69) is 41.5 Å². The van der Waals surface area contributed by atoms with Gasteiger partial charge < -0.3 is 33.8 Å². The number of esters is 4. The molecule has 3 N–H and O–H groups in total. The lowest BCUT2D eigenvalue weighted by atomic mass is 10.00. The van der Waals surface area contributed by atoms with E-state index in [-0.39, 0.29) is 25.7 Å². The molecule has 0 heterocycles. The maximum absolute atomic E-state index is 13.0. The Labute approximate surface area is 524 Å². The molecular weight excluding hydrogens is 1140 g/mol. The molecule has 19 heteroatoms. The second-order valence-electron chi connectivity index (χ2n) is 24.9. The Morgan fingerprint density at radius 3 is 0.884 bits per heavy atom. The third kappa shape index (κ3) is 59.7. The SMILES string of the molecule is CCCCCCCCCCCCCCCCC(=O)O[C@H](COC(=O)CCCCCCCCCCCCCC)COP(=O)(O)OC[C@@H](O)COP(=O)(O)OC[C@@H](COC(=O)CCCCCCCCC(C)CC)OC(=O)CCCCCCCCCC(C)C. The molecule has 0 aromatic rings. The van der Waals surface area contributed by atoms with Crippen molar-refractivity contribution in [2.45, 2.75) is 355 Å². The van der Waals surface area contributed by atoms with Gasteiger partial charge in [0, 0.05) is 25.7 Å². The number of aliphatic hydroxyl groups excluding tert-OH is 1.